The monoisotopic (exact) mass is 237 g/mol. The molecule has 0 aromatic carbocycles. The van der Waals surface area contributed by atoms with Gasteiger partial charge in [-0.2, -0.15) is 0 Å². The zero-order valence-corrected chi connectivity index (χ0v) is 10.1. The highest BCUT2D eigenvalue weighted by Gasteiger charge is 2.31. The molecule has 3 N–H and O–H groups in total. The first kappa shape index (κ1) is 12.1. The highest BCUT2D eigenvalue weighted by Crippen LogP contribution is 2.25. The van der Waals surface area contributed by atoms with Crippen LogP contribution in [0.5, 0.6) is 0 Å². The highest BCUT2D eigenvalue weighted by molar-refractivity contribution is 5.61. The van der Waals surface area contributed by atoms with Crippen molar-refractivity contribution in [2.75, 3.05) is 37.4 Å². The van der Waals surface area contributed by atoms with Crippen molar-refractivity contribution in [2.45, 2.75) is 18.4 Å². The summed E-state index contributed by atoms with van der Waals surface area (Å²) < 4.78 is 5.26. The number of nitrogens with two attached hydrogens (primary N) is 1. The van der Waals surface area contributed by atoms with Crippen LogP contribution in [0.4, 0.5) is 11.5 Å². The lowest BCUT2D eigenvalue weighted by atomic mass is 9.94. The number of rotatable bonds is 3. The smallest absolute Gasteiger partial charge is 0.151 e. The van der Waals surface area contributed by atoms with Gasteiger partial charge in [0.05, 0.1) is 11.3 Å². The molecule has 1 aromatic heterocycles. The van der Waals surface area contributed by atoms with Crippen molar-refractivity contribution >= 4 is 11.5 Å². The summed E-state index contributed by atoms with van der Waals surface area (Å²) >= 11 is 0. The predicted octanol–water partition coefficient (Wildman–Crippen LogP) is 0.641. The van der Waals surface area contributed by atoms with Crippen LogP contribution in [0.2, 0.25) is 0 Å². The van der Waals surface area contributed by atoms with Crippen molar-refractivity contribution in [3.05, 3.63) is 18.3 Å². The Bertz CT molecular complexity index is 378. The van der Waals surface area contributed by atoms with Gasteiger partial charge in [0.2, 0.25) is 0 Å². The second kappa shape index (κ2) is 4.89. The first-order valence-corrected chi connectivity index (χ1v) is 5.82. The fourth-order valence-corrected chi connectivity index (χ4v) is 2.15. The number of nitrogen functional groups attached to an aromatic ring is 1. The number of ether oxygens (including phenoxy) is 1. The van der Waals surface area contributed by atoms with Crippen LogP contribution < -0.4 is 10.6 Å². The van der Waals surface area contributed by atoms with Crippen LogP contribution in [-0.2, 0) is 4.74 Å². The van der Waals surface area contributed by atoms with Crippen LogP contribution >= 0.6 is 0 Å². The summed E-state index contributed by atoms with van der Waals surface area (Å²) in [5.41, 5.74) is 5.79. The van der Waals surface area contributed by atoms with E-state index in [0.29, 0.717) is 44.1 Å². The van der Waals surface area contributed by atoms with Crippen molar-refractivity contribution in [1.29, 1.82) is 0 Å². The number of aliphatic hydroxyl groups is 1. The predicted molar refractivity (Wildman–Crippen MR) is 66.9 cm³/mol. The standard InChI is InChI=1S/C12H19N3O2/c1-15(11-10(13)3-2-6-14-11)9-12(16)4-7-17-8-5-12/h2-3,6,16H,4-5,7-9,13H2,1H3. The van der Waals surface area contributed by atoms with Gasteiger partial charge in [0.25, 0.3) is 0 Å². The molecule has 94 valence electrons. The molecule has 0 saturated carbocycles. The van der Waals surface area contributed by atoms with Gasteiger partial charge in [-0.3, -0.25) is 0 Å². The van der Waals surface area contributed by atoms with E-state index in [-0.39, 0.29) is 0 Å². The Hall–Kier alpha value is -1.33. The topological polar surface area (TPSA) is 71.6 Å². The van der Waals surface area contributed by atoms with Gasteiger partial charge in [-0.05, 0) is 12.1 Å². The first-order valence-electron chi connectivity index (χ1n) is 5.82. The van der Waals surface area contributed by atoms with Crippen LogP contribution in [0.3, 0.4) is 0 Å². The van der Waals surface area contributed by atoms with Crippen LogP contribution in [0.15, 0.2) is 18.3 Å². The zero-order valence-electron chi connectivity index (χ0n) is 10.1. The van der Waals surface area contributed by atoms with Gasteiger partial charge < -0.3 is 20.5 Å². The molecule has 2 heterocycles. The van der Waals surface area contributed by atoms with Gasteiger partial charge in [0.1, 0.15) is 0 Å². The molecule has 17 heavy (non-hydrogen) atoms. The average molecular weight is 237 g/mol. The van der Waals surface area contributed by atoms with Gasteiger partial charge >= 0.3 is 0 Å². The second-order valence-corrected chi connectivity index (χ2v) is 4.61. The van der Waals surface area contributed by atoms with Crippen LogP contribution in [0, 0.1) is 0 Å². The Morgan fingerprint density at radius 3 is 2.88 bits per heavy atom. The fraction of sp³-hybridized carbons (Fsp3) is 0.583. The molecule has 1 saturated heterocycles. The minimum absolute atomic E-state index is 0.525. The number of anilines is 2. The van der Waals surface area contributed by atoms with Gasteiger partial charge in [-0.15, -0.1) is 0 Å². The lowest BCUT2D eigenvalue weighted by Gasteiger charge is -2.36. The third kappa shape index (κ3) is 2.87. The number of hydrogen-bond acceptors (Lipinski definition) is 5. The molecule has 5 nitrogen and oxygen atoms in total. The van der Waals surface area contributed by atoms with E-state index < -0.39 is 5.60 Å². The summed E-state index contributed by atoms with van der Waals surface area (Å²) in [5, 5.41) is 10.4. The van der Waals surface area contributed by atoms with Crippen molar-refractivity contribution in [2.24, 2.45) is 0 Å². The van der Waals surface area contributed by atoms with E-state index in [0.717, 1.165) is 0 Å². The van der Waals surface area contributed by atoms with E-state index in [1.165, 1.54) is 0 Å². The quantitative estimate of drug-likeness (QED) is 0.807. The summed E-state index contributed by atoms with van der Waals surface area (Å²) in [5.74, 6) is 0.715. The van der Waals surface area contributed by atoms with Crippen LogP contribution in [-0.4, -0.2) is 42.5 Å². The van der Waals surface area contributed by atoms with E-state index >= 15 is 0 Å². The molecule has 5 heteroatoms. The van der Waals surface area contributed by atoms with E-state index in [1.54, 1.807) is 12.3 Å². The molecule has 0 spiro atoms. The van der Waals surface area contributed by atoms with Gasteiger partial charge in [0.15, 0.2) is 5.82 Å². The molecular weight excluding hydrogens is 218 g/mol. The summed E-state index contributed by atoms with van der Waals surface area (Å²) in [6.07, 6.45) is 3.02. The van der Waals surface area contributed by atoms with E-state index in [2.05, 4.69) is 4.98 Å². The van der Waals surface area contributed by atoms with E-state index in [1.807, 2.05) is 18.0 Å². The van der Waals surface area contributed by atoms with Gasteiger partial charge in [0, 0.05) is 45.8 Å². The summed E-state index contributed by atoms with van der Waals surface area (Å²) in [6.45, 7) is 1.75. The third-order valence-corrected chi connectivity index (χ3v) is 3.13. The lowest BCUT2D eigenvalue weighted by molar-refractivity contribution is -0.0573. The van der Waals surface area contributed by atoms with Gasteiger partial charge in [-0.25, -0.2) is 4.98 Å². The Morgan fingerprint density at radius 1 is 1.53 bits per heavy atom. The normalized spacial score (nSPS) is 18.9. The largest absolute Gasteiger partial charge is 0.396 e. The molecule has 1 aliphatic rings. The van der Waals surface area contributed by atoms with E-state index in [4.69, 9.17) is 10.5 Å². The minimum atomic E-state index is -0.697. The molecule has 1 aromatic rings. The molecule has 2 rings (SSSR count). The van der Waals surface area contributed by atoms with Crippen molar-refractivity contribution < 1.29 is 9.84 Å². The second-order valence-electron chi connectivity index (χ2n) is 4.61. The Morgan fingerprint density at radius 2 is 2.24 bits per heavy atom. The molecule has 0 bridgehead atoms. The SMILES string of the molecule is CN(CC1(O)CCOCC1)c1ncccc1N. The maximum atomic E-state index is 10.4. The number of likely N-dealkylation sites (N-methyl/N-ethyl adjacent to an activating group) is 1. The molecule has 0 unspecified atom stereocenters. The highest BCUT2D eigenvalue weighted by atomic mass is 16.5. The lowest BCUT2D eigenvalue weighted by Crippen LogP contribution is -2.46. The maximum absolute atomic E-state index is 10.4. The Labute approximate surface area is 101 Å². The number of pyridine rings is 1. The maximum Gasteiger partial charge on any atom is 0.151 e. The third-order valence-electron chi connectivity index (χ3n) is 3.13. The summed E-state index contributed by atoms with van der Waals surface area (Å²) in [6, 6.07) is 3.61. The number of hydrogen-bond donors (Lipinski definition) is 2. The zero-order chi connectivity index (χ0) is 12.3. The molecule has 0 aliphatic carbocycles. The van der Waals surface area contributed by atoms with Crippen molar-refractivity contribution in [1.82, 2.24) is 4.98 Å². The van der Waals surface area contributed by atoms with Crippen LogP contribution in [0.1, 0.15) is 12.8 Å². The molecule has 0 atom stereocenters. The Kier molecular flexibility index (Phi) is 3.49. The minimum Gasteiger partial charge on any atom is -0.396 e. The molecule has 1 fully saturated rings. The molecule has 0 amide bonds. The molecule has 1 aliphatic heterocycles. The molecule has 0 radical (unpaired) electrons. The number of aromatic nitrogens is 1. The van der Waals surface area contributed by atoms with Crippen molar-refractivity contribution in [3.8, 4) is 0 Å². The number of nitrogens with zero attached hydrogens (tertiary/aromatic N) is 2. The Balaban J connectivity index is 2.06. The average Bonchev–Trinajstić information content (AvgIpc) is 2.29. The van der Waals surface area contributed by atoms with E-state index in [9.17, 15) is 5.11 Å². The van der Waals surface area contributed by atoms with Crippen molar-refractivity contribution in [3.63, 3.8) is 0 Å². The fourth-order valence-electron chi connectivity index (χ4n) is 2.15. The van der Waals surface area contributed by atoms with Crippen LogP contribution in [0.25, 0.3) is 0 Å². The first-order chi connectivity index (χ1) is 8.11. The van der Waals surface area contributed by atoms with Gasteiger partial charge in [-0.1, -0.05) is 0 Å². The molecular formula is C12H19N3O2. The summed E-state index contributed by atoms with van der Waals surface area (Å²) in [4.78, 5) is 6.14. The summed E-state index contributed by atoms with van der Waals surface area (Å²) in [7, 11) is 1.89.